The Morgan fingerprint density at radius 2 is 1.95 bits per heavy atom. The smallest absolute Gasteiger partial charge is 0.338 e. The number of rotatable bonds is 4. The molecule has 1 aliphatic carbocycles. The maximum atomic E-state index is 14.1. The first-order chi connectivity index (χ1) is 9.31. The van der Waals surface area contributed by atoms with Gasteiger partial charge in [-0.3, -0.25) is 0 Å². The molecule has 1 aromatic rings. The van der Waals surface area contributed by atoms with Gasteiger partial charge < -0.3 is 5.11 Å². The van der Waals surface area contributed by atoms with Crippen LogP contribution < -0.4 is 0 Å². The lowest BCUT2D eigenvalue weighted by Gasteiger charge is -2.12. The fourth-order valence-corrected chi connectivity index (χ4v) is 4.63. The van der Waals surface area contributed by atoms with Gasteiger partial charge in [0.1, 0.15) is 4.90 Å². The molecule has 1 saturated carbocycles. The highest BCUT2D eigenvalue weighted by atomic mass is 35.5. The monoisotopic (exact) mass is 320 g/mol. The average Bonchev–Trinajstić information content (AvgIpc) is 2.83. The lowest BCUT2D eigenvalue weighted by molar-refractivity contribution is 0.0691. The summed E-state index contributed by atoms with van der Waals surface area (Å²) in [5, 5.41) is 8.77. The van der Waals surface area contributed by atoms with E-state index in [0.29, 0.717) is 0 Å². The molecule has 0 aliphatic heterocycles. The molecule has 0 heterocycles. The van der Waals surface area contributed by atoms with E-state index in [1.54, 1.807) is 0 Å². The van der Waals surface area contributed by atoms with Gasteiger partial charge in [-0.2, -0.15) is 0 Å². The summed E-state index contributed by atoms with van der Waals surface area (Å²) >= 11 is 5.69. The second-order valence-corrected chi connectivity index (χ2v) is 7.44. The van der Waals surface area contributed by atoms with Crippen LogP contribution in [0.2, 0.25) is 5.02 Å². The van der Waals surface area contributed by atoms with Gasteiger partial charge in [0.15, 0.2) is 15.7 Å². The number of hydrogen-bond acceptors (Lipinski definition) is 3. The largest absolute Gasteiger partial charge is 0.478 e. The van der Waals surface area contributed by atoms with Gasteiger partial charge in [-0.05, 0) is 30.9 Å². The molecular formula is C13H14ClFO4S. The van der Waals surface area contributed by atoms with Gasteiger partial charge in [0, 0.05) is 5.02 Å². The van der Waals surface area contributed by atoms with Crippen molar-refractivity contribution >= 4 is 27.4 Å². The van der Waals surface area contributed by atoms with E-state index in [1.807, 2.05) is 0 Å². The highest BCUT2D eigenvalue weighted by Crippen LogP contribution is 2.30. The van der Waals surface area contributed by atoms with E-state index in [9.17, 15) is 17.6 Å². The van der Waals surface area contributed by atoms with Crippen molar-refractivity contribution in [1.82, 2.24) is 0 Å². The van der Waals surface area contributed by atoms with E-state index < -0.39 is 32.1 Å². The maximum Gasteiger partial charge on any atom is 0.338 e. The summed E-state index contributed by atoms with van der Waals surface area (Å²) in [6, 6.07) is 1.89. The Morgan fingerprint density at radius 3 is 2.50 bits per heavy atom. The summed E-state index contributed by atoms with van der Waals surface area (Å²) in [4.78, 5) is 10.3. The third-order valence-corrected chi connectivity index (χ3v) is 5.59. The molecule has 0 atom stereocenters. The van der Waals surface area contributed by atoms with Crippen LogP contribution in [-0.2, 0) is 9.84 Å². The van der Waals surface area contributed by atoms with Crippen molar-refractivity contribution < 1.29 is 22.7 Å². The Morgan fingerprint density at radius 1 is 1.35 bits per heavy atom. The zero-order chi connectivity index (χ0) is 14.9. The molecular weight excluding hydrogens is 307 g/mol. The summed E-state index contributed by atoms with van der Waals surface area (Å²) in [6.45, 7) is 0. The second-order valence-electron chi connectivity index (χ2n) is 5.00. The number of carboxylic acid groups (broad SMARTS) is 1. The minimum atomic E-state index is -3.88. The molecule has 0 bridgehead atoms. The number of benzene rings is 1. The van der Waals surface area contributed by atoms with Gasteiger partial charge in [0.25, 0.3) is 0 Å². The minimum Gasteiger partial charge on any atom is -0.478 e. The van der Waals surface area contributed by atoms with Gasteiger partial charge in [-0.1, -0.05) is 24.4 Å². The normalized spacial score (nSPS) is 16.5. The van der Waals surface area contributed by atoms with Crippen LogP contribution in [-0.4, -0.2) is 25.2 Å². The van der Waals surface area contributed by atoms with Crippen LogP contribution in [0.15, 0.2) is 17.0 Å². The molecule has 1 aromatic carbocycles. The molecule has 0 aromatic heterocycles. The van der Waals surface area contributed by atoms with Gasteiger partial charge in [-0.25, -0.2) is 17.6 Å². The highest BCUT2D eigenvalue weighted by molar-refractivity contribution is 7.91. The Kier molecular flexibility index (Phi) is 4.34. The third kappa shape index (κ3) is 3.12. The first-order valence-electron chi connectivity index (χ1n) is 6.26. The van der Waals surface area contributed by atoms with Crippen molar-refractivity contribution in [3.05, 3.63) is 28.5 Å². The fourth-order valence-electron chi connectivity index (χ4n) is 2.52. The first-order valence-corrected chi connectivity index (χ1v) is 8.29. The quantitative estimate of drug-likeness (QED) is 0.925. The minimum absolute atomic E-state index is 0.00617. The van der Waals surface area contributed by atoms with Crippen molar-refractivity contribution in [3.8, 4) is 0 Å². The summed E-state index contributed by atoms with van der Waals surface area (Å²) in [5.74, 6) is -2.93. The van der Waals surface area contributed by atoms with E-state index >= 15 is 0 Å². The number of halogens is 2. The lowest BCUT2D eigenvalue weighted by atomic mass is 10.1. The Hall–Kier alpha value is -1.14. The van der Waals surface area contributed by atoms with E-state index in [0.717, 1.165) is 37.8 Å². The molecule has 110 valence electrons. The SMILES string of the molecule is O=C(O)c1cc(Cl)cc(S(=O)(=O)CC2CCCC2)c1F. The molecule has 20 heavy (non-hydrogen) atoms. The van der Waals surface area contributed by atoms with Crippen LogP contribution in [0.1, 0.15) is 36.0 Å². The first kappa shape index (κ1) is 15.3. The topological polar surface area (TPSA) is 71.4 Å². The van der Waals surface area contributed by atoms with E-state index in [2.05, 4.69) is 0 Å². The van der Waals surface area contributed by atoms with Gasteiger partial charge in [-0.15, -0.1) is 0 Å². The van der Waals surface area contributed by atoms with Crippen LogP contribution in [0.3, 0.4) is 0 Å². The average molecular weight is 321 g/mol. The van der Waals surface area contributed by atoms with Gasteiger partial charge in [0.05, 0.1) is 11.3 Å². The molecule has 0 unspecified atom stereocenters. The van der Waals surface area contributed by atoms with E-state index in [1.165, 1.54) is 0 Å². The molecule has 7 heteroatoms. The second kappa shape index (κ2) is 5.69. The van der Waals surface area contributed by atoms with Crippen molar-refractivity contribution in [2.45, 2.75) is 30.6 Å². The molecule has 0 radical (unpaired) electrons. The molecule has 2 rings (SSSR count). The van der Waals surface area contributed by atoms with Crippen LogP contribution in [0.25, 0.3) is 0 Å². The van der Waals surface area contributed by atoms with Crippen LogP contribution >= 0.6 is 11.6 Å². The van der Waals surface area contributed by atoms with Gasteiger partial charge >= 0.3 is 5.97 Å². The highest BCUT2D eigenvalue weighted by Gasteiger charge is 2.29. The van der Waals surface area contributed by atoms with Crippen molar-refractivity contribution in [2.75, 3.05) is 5.75 Å². The molecule has 0 saturated heterocycles. The summed E-state index contributed by atoms with van der Waals surface area (Å²) < 4.78 is 38.5. The number of carbonyl (C=O) groups is 1. The molecule has 4 nitrogen and oxygen atoms in total. The zero-order valence-corrected chi connectivity index (χ0v) is 12.2. The molecule has 1 fully saturated rings. The van der Waals surface area contributed by atoms with E-state index in [4.69, 9.17) is 16.7 Å². The summed E-state index contributed by atoms with van der Waals surface area (Å²) in [5.41, 5.74) is -0.720. The maximum absolute atomic E-state index is 14.1. The standard InChI is InChI=1S/C13H14ClFO4S/c14-9-5-10(13(16)17)12(15)11(6-9)20(18,19)7-8-3-1-2-4-8/h5-6,8H,1-4,7H2,(H,16,17). The zero-order valence-electron chi connectivity index (χ0n) is 10.6. The third-order valence-electron chi connectivity index (χ3n) is 3.50. The van der Waals surface area contributed by atoms with Gasteiger partial charge in [0.2, 0.25) is 0 Å². The lowest BCUT2D eigenvalue weighted by Crippen LogP contribution is -2.17. The molecule has 0 amide bonds. The predicted molar refractivity (Wildman–Crippen MR) is 72.4 cm³/mol. The number of sulfone groups is 1. The number of carboxylic acids is 1. The Bertz CT molecular complexity index is 636. The van der Waals surface area contributed by atoms with Crippen molar-refractivity contribution in [2.24, 2.45) is 5.92 Å². The summed E-state index contributed by atoms with van der Waals surface area (Å²) in [6.07, 6.45) is 3.54. The van der Waals surface area contributed by atoms with Crippen LogP contribution in [0.4, 0.5) is 4.39 Å². The van der Waals surface area contributed by atoms with Crippen LogP contribution in [0, 0.1) is 11.7 Å². The summed E-state index contributed by atoms with van der Waals surface area (Å²) in [7, 11) is -3.88. The fraction of sp³-hybridized carbons (Fsp3) is 0.462. The van der Waals surface area contributed by atoms with E-state index in [-0.39, 0.29) is 16.7 Å². The van der Waals surface area contributed by atoms with Crippen molar-refractivity contribution in [1.29, 1.82) is 0 Å². The number of hydrogen-bond donors (Lipinski definition) is 1. The Labute approximate surface area is 121 Å². The predicted octanol–water partition coefficient (Wildman–Crippen LogP) is 3.14. The van der Waals surface area contributed by atoms with Crippen LogP contribution in [0.5, 0.6) is 0 Å². The molecule has 1 aliphatic rings. The molecule has 0 spiro atoms. The number of aromatic carboxylic acids is 1. The Balaban J connectivity index is 2.42. The van der Waals surface area contributed by atoms with Crippen molar-refractivity contribution in [3.63, 3.8) is 0 Å². The molecule has 1 N–H and O–H groups in total.